The topological polar surface area (TPSA) is 40.1 Å². The Morgan fingerprint density at radius 2 is 2.00 bits per heavy atom. The summed E-state index contributed by atoms with van der Waals surface area (Å²) in [5.74, 6) is -0.131. The highest BCUT2D eigenvalue weighted by atomic mass is 35.6. The lowest BCUT2D eigenvalue weighted by Crippen LogP contribution is -1.97. The molecule has 0 aromatic carbocycles. The smallest absolute Gasteiger partial charge is 0.209 e. The largest absolute Gasteiger partial charge is 0.772 e. The number of alkyl halides is 3. The standard InChI is InChI=1S/C4H5Cl3O2S/c5-4(6,7)2-1-3-10(8)9/h1-2H,3H2,(H,8,9)/p-1. The molecule has 1 atom stereocenters. The van der Waals surface area contributed by atoms with E-state index in [0.717, 1.165) is 0 Å². The fourth-order valence-electron chi connectivity index (χ4n) is 0.260. The zero-order chi connectivity index (χ0) is 8.20. The Kier molecular flexibility index (Phi) is 4.90. The van der Waals surface area contributed by atoms with Crippen LogP contribution in [-0.2, 0) is 11.1 Å². The van der Waals surface area contributed by atoms with Gasteiger partial charge >= 0.3 is 0 Å². The average molecular weight is 222 g/mol. The molecule has 1 unspecified atom stereocenters. The molecule has 2 nitrogen and oxygen atoms in total. The summed E-state index contributed by atoms with van der Waals surface area (Å²) in [4.78, 5) is 0. The van der Waals surface area contributed by atoms with Crippen molar-refractivity contribution < 1.29 is 8.76 Å². The van der Waals surface area contributed by atoms with Crippen LogP contribution in [0.3, 0.4) is 0 Å². The van der Waals surface area contributed by atoms with Crippen molar-refractivity contribution >= 4 is 45.9 Å². The van der Waals surface area contributed by atoms with Gasteiger partial charge in [-0.2, -0.15) is 0 Å². The van der Waals surface area contributed by atoms with E-state index in [4.69, 9.17) is 34.8 Å². The third-order valence-electron chi connectivity index (χ3n) is 0.539. The molecule has 0 heterocycles. The molecular formula is C4H4Cl3O2S-. The quantitative estimate of drug-likeness (QED) is 0.406. The molecule has 0 saturated carbocycles. The van der Waals surface area contributed by atoms with Crippen molar-refractivity contribution in [3.05, 3.63) is 12.2 Å². The van der Waals surface area contributed by atoms with E-state index in [1.807, 2.05) is 0 Å². The first-order chi connectivity index (χ1) is 4.42. The highest BCUT2D eigenvalue weighted by Crippen LogP contribution is 2.26. The van der Waals surface area contributed by atoms with Crippen molar-refractivity contribution in [1.82, 2.24) is 0 Å². The lowest BCUT2D eigenvalue weighted by Gasteiger charge is -2.03. The highest BCUT2D eigenvalue weighted by Gasteiger charge is 2.12. The Balaban J connectivity index is 3.67. The fraction of sp³-hybridized carbons (Fsp3) is 0.500. The molecule has 0 aliphatic carbocycles. The molecule has 0 N–H and O–H groups in total. The molecule has 0 aliphatic rings. The summed E-state index contributed by atoms with van der Waals surface area (Å²) in [5, 5.41) is 0. The van der Waals surface area contributed by atoms with Gasteiger partial charge in [0.25, 0.3) is 0 Å². The summed E-state index contributed by atoms with van der Waals surface area (Å²) >= 11 is 13.7. The predicted octanol–water partition coefficient (Wildman–Crippen LogP) is 1.79. The zero-order valence-corrected chi connectivity index (χ0v) is 7.80. The zero-order valence-electron chi connectivity index (χ0n) is 4.72. The first-order valence-corrected chi connectivity index (χ1v) is 4.60. The van der Waals surface area contributed by atoms with Crippen molar-refractivity contribution in [2.45, 2.75) is 3.79 Å². The van der Waals surface area contributed by atoms with Crippen LogP contribution in [0.2, 0.25) is 0 Å². The van der Waals surface area contributed by atoms with E-state index < -0.39 is 14.9 Å². The summed E-state index contributed by atoms with van der Waals surface area (Å²) in [6.45, 7) is 0. The molecule has 0 amide bonds. The monoisotopic (exact) mass is 221 g/mol. The van der Waals surface area contributed by atoms with Gasteiger partial charge in [0.1, 0.15) is 0 Å². The van der Waals surface area contributed by atoms with E-state index in [9.17, 15) is 8.76 Å². The Hall–Kier alpha value is 0.720. The van der Waals surface area contributed by atoms with Crippen LogP contribution in [0.5, 0.6) is 0 Å². The van der Waals surface area contributed by atoms with Gasteiger partial charge in [0, 0.05) is 5.75 Å². The van der Waals surface area contributed by atoms with Crippen molar-refractivity contribution in [2.24, 2.45) is 0 Å². The van der Waals surface area contributed by atoms with Crippen molar-refractivity contribution in [3.8, 4) is 0 Å². The van der Waals surface area contributed by atoms with Crippen LogP contribution in [0.4, 0.5) is 0 Å². The molecule has 0 aromatic heterocycles. The van der Waals surface area contributed by atoms with E-state index in [1.165, 1.54) is 12.2 Å². The van der Waals surface area contributed by atoms with E-state index in [0.29, 0.717) is 0 Å². The molecule has 0 rings (SSSR count). The molecule has 0 aliphatic heterocycles. The molecular weight excluding hydrogens is 218 g/mol. The van der Waals surface area contributed by atoms with Gasteiger partial charge in [-0.3, -0.25) is 4.21 Å². The molecule has 0 saturated heterocycles. The predicted molar refractivity (Wildman–Crippen MR) is 43.2 cm³/mol. The maximum atomic E-state index is 9.90. The van der Waals surface area contributed by atoms with Crippen molar-refractivity contribution in [3.63, 3.8) is 0 Å². The second kappa shape index (κ2) is 4.57. The molecule has 0 radical (unpaired) electrons. The van der Waals surface area contributed by atoms with Crippen LogP contribution < -0.4 is 0 Å². The van der Waals surface area contributed by atoms with Crippen LogP contribution in [0, 0.1) is 0 Å². The number of allylic oxidation sites excluding steroid dienone is 1. The third kappa shape index (κ3) is 8.72. The summed E-state index contributed by atoms with van der Waals surface area (Å²) in [5.41, 5.74) is 0. The second-order valence-corrected chi connectivity index (χ2v) is 4.72. The maximum Gasteiger partial charge on any atom is 0.209 e. The second-order valence-electron chi connectivity index (χ2n) is 1.41. The number of hydrogen-bond donors (Lipinski definition) is 0. The van der Waals surface area contributed by atoms with Gasteiger partial charge in [-0.1, -0.05) is 52.0 Å². The van der Waals surface area contributed by atoms with Gasteiger partial charge in [-0.15, -0.1) is 0 Å². The summed E-state index contributed by atoms with van der Waals surface area (Å²) in [6.07, 6.45) is 2.46. The Morgan fingerprint density at radius 1 is 1.50 bits per heavy atom. The minimum absolute atomic E-state index is 0.131. The minimum Gasteiger partial charge on any atom is -0.772 e. The SMILES string of the molecule is O=S([O-])CC=CC(Cl)(Cl)Cl. The number of rotatable bonds is 2. The first kappa shape index (κ1) is 10.7. The van der Waals surface area contributed by atoms with Gasteiger partial charge in [0.2, 0.25) is 3.79 Å². The molecule has 6 heteroatoms. The Morgan fingerprint density at radius 3 is 2.30 bits per heavy atom. The van der Waals surface area contributed by atoms with Crippen LogP contribution in [0.15, 0.2) is 12.2 Å². The average Bonchev–Trinajstić information content (AvgIpc) is 1.59. The summed E-state index contributed by atoms with van der Waals surface area (Å²) in [7, 11) is 0. The molecule has 60 valence electrons. The normalized spacial score (nSPS) is 16.0. The lowest BCUT2D eigenvalue weighted by molar-refractivity contribution is 0.540. The Bertz CT molecular complexity index is 151. The molecule has 0 bridgehead atoms. The van der Waals surface area contributed by atoms with Crippen LogP contribution >= 0.6 is 34.8 Å². The first-order valence-electron chi connectivity index (χ1n) is 2.22. The summed E-state index contributed by atoms with van der Waals surface area (Å²) in [6, 6.07) is 0. The molecule has 0 aromatic rings. The van der Waals surface area contributed by atoms with Crippen molar-refractivity contribution in [2.75, 3.05) is 5.75 Å². The highest BCUT2D eigenvalue weighted by molar-refractivity contribution is 7.79. The van der Waals surface area contributed by atoms with Crippen molar-refractivity contribution in [1.29, 1.82) is 0 Å². The number of hydrogen-bond acceptors (Lipinski definition) is 2. The van der Waals surface area contributed by atoms with E-state index in [1.54, 1.807) is 0 Å². The van der Waals surface area contributed by atoms with Gasteiger partial charge in [-0.05, 0) is 6.08 Å². The lowest BCUT2D eigenvalue weighted by atomic mass is 10.6. The van der Waals surface area contributed by atoms with Crippen LogP contribution in [0.25, 0.3) is 0 Å². The molecule has 10 heavy (non-hydrogen) atoms. The van der Waals surface area contributed by atoms with Gasteiger partial charge in [0.05, 0.1) is 0 Å². The molecule has 0 fully saturated rings. The number of halogens is 3. The minimum atomic E-state index is -2.11. The van der Waals surface area contributed by atoms with Gasteiger partial charge in [0.15, 0.2) is 0 Å². The van der Waals surface area contributed by atoms with Gasteiger partial charge in [-0.25, -0.2) is 0 Å². The van der Waals surface area contributed by atoms with Crippen LogP contribution in [-0.4, -0.2) is 18.3 Å². The van der Waals surface area contributed by atoms with E-state index in [-0.39, 0.29) is 5.75 Å². The fourth-order valence-corrected chi connectivity index (χ4v) is 0.781. The molecule has 0 spiro atoms. The van der Waals surface area contributed by atoms with Gasteiger partial charge < -0.3 is 4.55 Å². The summed E-state index contributed by atoms with van der Waals surface area (Å²) < 4.78 is 18.3. The maximum absolute atomic E-state index is 9.90. The van der Waals surface area contributed by atoms with Crippen LogP contribution in [0.1, 0.15) is 0 Å². The Labute approximate surface area is 76.4 Å². The van der Waals surface area contributed by atoms with E-state index >= 15 is 0 Å². The third-order valence-corrected chi connectivity index (χ3v) is 1.38. The van der Waals surface area contributed by atoms with E-state index in [2.05, 4.69) is 0 Å².